The molecular formula is C17H15BrN2. The number of hydrogen-bond donors (Lipinski definition) is 1. The summed E-state index contributed by atoms with van der Waals surface area (Å²) in [5.74, 6) is 0. The van der Waals surface area contributed by atoms with Crippen molar-refractivity contribution in [2.24, 2.45) is 0 Å². The molecule has 3 aromatic rings. The number of rotatable bonds is 4. The molecule has 2 aromatic carbocycles. The average molecular weight is 327 g/mol. The minimum Gasteiger partial charge on any atom is -0.309 e. The standard InChI is InChI=1S/C17H15BrN2/c18-17-7-2-1-4-15(17)12-20-11-14-6-3-5-13-10-19-9-8-16(13)14/h1-10,20H,11-12H2. The molecule has 0 saturated carbocycles. The number of fused-ring (bicyclic) bond motifs is 1. The molecule has 1 aromatic heterocycles. The van der Waals surface area contributed by atoms with Crippen molar-refractivity contribution in [1.82, 2.24) is 10.3 Å². The van der Waals surface area contributed by atoms with Crippen LogP contribution in [0.5, 0.6) is 0 Å². The van der Waals surface area contributed by atoms with Crippen molar-refractivity contribution in [1.29, 1.82) is 0 Å². The Hall–Kier alpha value is -1.71. The summed E-state index contributed by atoms with van der Waals surface area (Å²) in [6.45, 7) is 1.70. The molecule has 2 nitrogen and oxygen atoms in total. The Morgan fingerprint density at radius 3 is 2.60 bits per heavy atom. The minimum absolute atomic E-state index is 0.850. The van der Waals surface area contributed by atoms with Crippen LogP contribution in [0, 0.1) is 0 Å². The number of aromatic nitrogens is 1. The molecule has 100 valence electrons. The summed E-state index contributed by atoms with van der Waals surface area (Å²) in [6, 6.07) is 16.7. The van der Waals surface area contributed by atoms with Crippen LogP contribution >= 0.6 is 15.9 Å². The van der Waals surface area contributed by atoms with E-state index < -0.39 is 0 Å². The van der Waals surface area contributed by atoms with Crippen LogP contribution in [0.3, 0.4) is 0 Å². The molecule has 0 fully saturated rings. The molecular weight excluding hydrogens is 312 g/mol. The molecule has 3 heteroatoms. The fraction of sp³-hybridized carbons (Fsp3) is 0.118. The van der Waals surface area contributed by atoms with Gasteiger partial charge in [0.15, 0.2) is 0 Å². The van der Waals surface area contributed by atoms with Gasteiger partial charge in [0, 0.05) is 35.3 Å². The average Bonchev–Trinajstić information content (AvgIpc) is 2.49. The first-order valence-corrected chi connectivity index (χ1v) is 7.39. The van der Waals surface area contributed by atoms with E-state index in [0.29, 0.717) is 0 Å². The summed E-state index contributed by atoms with van der Waals surface area (Å²) in [5, 5.41) is 5.95. The third-order valence-corrected chi connectivity index (χ3v) is 4.13. The number of nitrogens with one attached hydrogen (secondary N) is 1. The largest absolute Gasteiger partial charge is 0.309 e. The van der Waals surface area contributed by atoms with Crippen LogP contribution in [-0.2, 0) is 13.1 Å². The Balaban J connectivity index is 1.73. The van der Waals surface area contributed by atoms with E-state index in [-0.39, 0.29) is 0 Å². The van der Waals surface area contributed by atoms with E-state index in [9.17, 15) is 0 Å². The minimum atomic E-state index is 0.850. The Morgan fingerprint density at radius 2 is 1.70 bits per heavy atom. The van der Waals surface area contributed by atoms with Crippen LogP contribution in [0.25, 0.3) is 10.8 Å². The van der Waals surface area contributed by atoms with Crippen LogP contribution in [0.15, 0.2) is 65.4 Å². The molecule has 0 saturated heterocycles. The summed E-state index contributed by atoms with van der Waals surface area (Å²) < 4.78 is 1.15. The zero-order valence-corrected chi connectivity index (χ0v) is 12.6. The van der Waals surface area contributed by atoms with Gasteiger partial charge in [-0.2, -0.15) is 0 Å². The van der Waals surface area contributed by atoms with E-state index in [1.54, 1.807) is 0 Å². The van der Waals surface area contributed by atoms with Crippen LogP contribution < -0.4 is 5.32 Å². The lowest BCUT2D eigenvalue weighted by molar-refractivity contribution is 0.694. The van der Waals surface area contributed by atoms with E-state index in [0.717, 1.165) is 17.6 Å². The molecule has 0 bridgehead atoms. The Morgan fingerprint density at radius 1 is 0.900 bits per heavy atom. The lowest BCUT2D eigenvalue weighted by atomic mass is 10.1. The topological polar surface area (TPSA) is 24.9 Å². The summed E-state index contributed by atoms with van der Waals surface area (Å²) in [6.07, 6.45) is 3.76. The maximum Gasteiger partial charge on any atom is 0.0346 e. The summed E-state index contributed by atoms with van der Waals surface area (Å²) >= 11 is 3.57. The van der Waals surface area contributed by atoms with Gasteiger partial charge in [0.25, 0.3) is 0 Å². The quantitative estimate of drug-likeness (QED) is 0.773. The zero-order chi connectivity index (χ0) is 13.8. The molecule has 0 spiro atoms. The maximum absolute atomic E-state index is 4.17. The highest BCUT2D eigenvalue weighted by Gasteiger charge is 2.01. The predicted octanol–water partition coefficient (Wildman–Crippen LogP) is 4.29. The third-order valence-electron chi connectivity index (χ3n) is 3.36. The Bertz CT molecular complexity index is 720. The summed E-state index contributed by atoms with van der Waals surface area (Å²) in [4.78, 5) is 4.17. The molecule has 0 aliphatic carbocycles. The lowest BCUT2D eigenvalue weighted by Crippen LogP contribution is -2.13. The fourth-order valence-corrected chi connectivity index (χ4v) is 2.74. The molecule has 1 N–H and O–H groups in total. The molecule has 0 atom stereocenters. The van der Waals surface area contributed by atoms with E-state index >= 15 is 0 Å². The molecule has 0 amide bonds. The van der Waals surface area contributed by atoms with Gasteiger partial charge in [-0.3, -0.25) is 4.98 Å². The van der Waals surface area contributed by atoms with Crippen LogP contribution in [0.2, 0.25) is 0 Å². The van der Waals surface area contributed by atoms with Crippen molar-refractivity contribution < 1.29 is 0 Å². The molecule has 3 rings (SSSR count). The van der Waals surface area contributed by atoms with Crippen LogP contribution in [0.4, 0.5) is 0 Å². The second kappa shape index (κ2) is 6.16. The third kappa shape index (κ3) is 2.89. The first-order valence-electron chi connectivity index (χ1n) is 6.60. The van der Waals surface area contributed by atoms with Crippen LogP contribution in [0.1, 0.15) is 11.1 Å². The van der Waals surface area contributed by atoms with Gasteiger partial charge in [-0.25, -0.2) is 0 Å². The fourth-order valence-electron chi connectivity index (χ4n) is 2.32. The normalized spacial score (nSPS) is 10.8. The second-order valence-electron chi connectivity index (χ2n) is 4.71. The van der Waals surface area contributed by atoms with Crippen molar-refractivity contribution in [3.63, 3.8) is 0 Å². The highest BCUT2D eigenvalue weighted by Crippen LogP contribution is 2.18. The van der Waals surface area contributed by atoms with Gasteiger partial charge in [-0.15, -0.1) is 0 Å². The van der Waals surface area contributed by atoms with Gasteiger partial charge in [0.05, 0.1) is 0 Å². The van der Waals surface area contributed by atoms with Gasteiger partial charge in [-0.05, 0) is 28.6 Å². The Kier molecular flexibility index (Phi) is 4.09. The molecule has 0 aliphatic heterocycles. The monoisotopic (exact) mass is 326 g/mol. The number of nitrogens with zero attached hydrogens (tertiary/aromatic N) is 1. The highest BCUT2D eigenvalue weighted by atomic mass is 79.9. The van der Waals surface area contributed by atoms with Crippen molar-refractivity contribution >= 4 is 26.7 Å². The number of benzene rings is 2. The van der Waals surface area contributed by atoms with Gasteiger partial charge < -0.3 is 5.32 Å². The van der Waals surface area contributed by atoms with Crippen molar-refractivity contribution in [2.75, 3.05) is 0 Å². The first-order chi connectivity index (χ1) is 9.84. The molecule has 0 radical (unpaired) electrons. The number of pyridine rings is 1. The smallest absolute Gasteiger partial charge is 0.0346 e. The molecule has 0 unspecified atom stereocenters. The van der Waals surface area contributed by atoms with Crippen LogP contribution in [-0.4, -0.2) is 4.98 Å². The lowest BCUT2D eigenvalue weighted by Gasteiger charge is -2.09. The summed E-state index contributed by atoms with van der Waals surface area (Å²) in [5.41, 5.74) is 2.58. The van der Waals surface area contributed by atoms with Gasteiger partial charge in [-0.1, -0.05) is 52.3 Å². The van der Waals surface area contributed by atoms with E-state index in [2.05, 4.69) is 68.7 Å². The molecule has 20 heavy (non-hydrogen) atoms. The number of halogens is 1. The summed E-state index contributed by atoms with van der Waals surface area (Å²) in [7, 11) is 0. The maximum atomic E-state index is 4.17. The van der Waals surface area contributed by atoms with Gasteiger partial charge in [0.2, 0.25) is 0 Å². The highest BCUT2D eigenvalue weighted by molar-refractivity contribution is 9.10. The van der Waals surface area contributed by atoms with Crippen molar-refractivity contribution in [3.8, 4) is 0 Å². The Labute approximate surface area is 127 Å². The van der Waals surface area contributed by atoms with Gasteiger partial charge in [0.1, 0.15) is 0 Å². The van der Waals surface area contributed by atoms with E-state index in [1.165, 1.54) is 21.9 Å². The second-order valence-corrected chi connectivity index (χ2v) is 5.56. The molecule has 0 aliphatic rings. The van der Waals surface area contributed by atoms with Gasteiger partial charge >= 0.3 is 0 Å². The van der Waals surface area contributed by atoms with E-state index in [4.69, 9.17) is 0 Å². The van der Waals surface area contributed by atoms with Crippen molar-refractivity contribution in [3.05, 3.63) is 76.5 Å². The number of hydrogen-bond acceptors (Lipinski definition) is 2. The van der Waals surface area contributed by atoms with Crippen molar-refractivity contribution in [2.45, 2.75) is 13.1 Å². The SMILES string of the molecule is Brc1ccccc1CNCc1cccc2cnccc12. The zero-order valence-electron chi connectivity index (χ0n) is 11.0. The van der Waals surface area contributed by atoms with E-state index in [1.807, 2.05) is 18.5 Å². The molecule has 1 heterocycles. The first kappa shape index (κ1) is 13.3. The predicted molar refractivity (Wildman–Crippen MR) is 86.4 cm³/mol.